The van der Waals surface area contributed by atoms with E-state index in [4.69, 9.17) is 0 Å². The Morgan fingerprint density at radius 1 is 1.33 bits per heavy atom. The molecule has 0 aromatic carbocycles. The first-order valence-corrected chi connectivity index (χ1v) is 4.95. The Morgan fingerprint density at radius 2 is 2.08 bits per heavy atom. The van der Waals surface area contributed by atoms with Crippen LogP contribution in [0, 0.1) is 17.8 Å². The lowest BCUT2D eigenvalue weighted by atomic mass is 9.69. The van der Waals surface area contributed by atoms with Crippen molar-refractivity contribution in [2.75, 3.05) is 0 Å². The number of carbonyl (C=O) groups excluding carboxylic acids is 1. The molecule has 2 aliphatic carbocycles. The van der Waals surface area contributed by atoms with Crippen LogP contribution >= 0.6 is 0 Å². The number of ketones is 1. The molecular weight excluding hydrogens is 148 g/mol. The Kier molecular flexibility index (Phi) is 2.03. The van der Waals surface area contributed by atoms with Gasteiger partial charge >= 0.3 is 0 Å². The fourth-order valence-corrected chi connectivity index (χ4v) is 2.62. The van der Waals surface area contributed by atoms with Crippen molar-refractivity contribution in [3.05, 3.63) is 12.2 Å². The summed E-state index contributed by atoms with van der Waals surface area (Å²) in [6, 6.07) is 0. The second-order valence-electron chi connectivity index (χ2n) is 4.32. The topological polar surface area (TPSA) is 17.1 Å². The van der Waals surface area contributed by atoms with Gasteiger partial charge in [-0.25, -0.2) is 0 Å². The predicted molar refractivity (Wildman–Crippen MR) is 48.8 cm³/mol. The van der Waals surface area contributed by atoms with Gasteiger partial charge in [0.25, 0.3) is 0 Å². The summed E-state index contributed by atoms with van der Waals surface area (Å²) in [6.45, 7) is 2.20. The van der Waals surface area contributed by atoms with E-state index in [-0.39, 0.29) is 0 Å². The van der Waals surface area contributed by atoms with Crippen molar-refractivity contribution in [2.45, 2.75) is 32.6 Å². The third-order valence-electron chi connectivity index (χ3n) is 3.23. The first-order valence-electron chi connectivity index (χ1n) is 4.95. The molecule has 3 atom stereocenters. The second-order valence-corrected chi connectivity index (χ2v) is 4.32. The molecule has 2 rings (SSSR count). The second kappa shape index (κ2) is 3.04. The summed E-state index contributed by atoms with van der Waals surface area (Å²) in [6.07, 6.45) is 8.66. The summed E-state index contributed by atoms with van der Waals surface area (Å²) in [5.41, 5.74) is 0. The average Bonchev–Trinajstić information content (AvgIpc) is 2.04. The average molecular weight is 164 g/mol. The van der Waals surface area contributed by atoms with Crippen LogP contribution < -0.4 is 0 Å². The van der Waals surface area contributed by atoms with E-state index in [2.05, 4.69) is 19.1 Å². The van der Waals surface area contributed by atoms with Gasteiger partial charge in [-0.1, -0.05) is 19.1 Å². The van der Waals surface area contributed by atoms with Crippen LogP contribution in [0.3, 0.4) is 0 Å². The zero-order valence-corrected chi connectivity index (χ0v) is 7.62. The standard InChI is InChI=1S/C11H16O/c1-8-6-9-4-2-3-5-10(9)11(12)7-8/h2-3,8-10H,4-7H2,1H3/t8-,9-,10+/m1/s1. The van der Waals surface area contributed by atoms with Crippen molar-refractivity contribution < 1.29 is 4.79 Å². The summed E-state index contributed by atoms with van der Waals surface area (Å²) in [4.78, 5) is 11.6. The molecule has 0 unspecified atom stereocenters. The van der Waals surface area contributed by atoms with Gasteiger partial charge in [0.2, 0.25) is 0 Å². The molecule has 0 radical (unpaired) electrons. The van der Waals surface area contributed by atoms with Crippen LogP contribution in [0.4, 0.5) is 0 Å². The summed E-state index contributed by atoms with van der Waals surface area (Å²) >= 11 is 0. The maximum Gasteiger partial charge on any atom is 0.136 e. The monoisotopic (exact) mass is 164 g/mol. The van der Waals surface area contributed by atoms with Gasteiger partial charge in [-0.2, -0.15) is 0 Å². The number of rotatable bonds is 0. The highest BCUT2D eigenvalue weighted by atomic mass is 16.1. The minimum atomic E-state index is 0.381. The van der Waals surface area contributed by atoms with Crippen LogP contribution in [-0.4, -0.2) is 5.78 Å². The van der Waals surface area contributed by atoms with Gasteiger partial charge in [0.1, 0.15) is 5.78 Å². The van der Waals surface area contributed by atoms with Crippen LogP contribution in [0.15, 0.2) is 12.2 Å². The number of carbonyl (C=O) groups is 1. The number of fused-ring (bicyclic) bond motifs is 1. The fraction of sp³-hybridized carbons (Fsp3) is 0.727. The molecule has 0 aromatic heterocycles. The van der Waals surface area contributed by atoms with Gasteiger partial charge in [0.15, 0.2) is 0 Å². The summed E-state index contributed by atoms with van der Waals surface area (Å²) in [5, 5.41) is 0. The van der Waals surface area contributed by atoms with Gasteiger partial charge in [-0.3, -0.25) is 4.79 Å². The van der Waals surface area contributed by atoms with Crippen molar-refractivity contribution in [3.63, 3.8) is 0 Å². The van der Waals surface area contributed by atoms with Crippen molar-refractivity contribution in [1.29, 1.82) is 0 Å². The Hall–Kier alpha value is -0.590. The molecule has 1 nitrogen and oxygen atoms in total. The number of hydrogen-bond donors (Lipinski definition) is 0. The first-order chi connectivity index (χ1) is 5.77. The third-order valence-corrected chi connectivity index (χ3v) is 3.23. The molecule has 0 aliphatic heterocycles. The minimum Gasteiger partial charge on any atom is -0.299 e. The maximum atomic E-state index is 11.6. The molecule has 1 heteroatoms. The van der Waals surface area contributed by atoms with Crippen molar-refractivity contribution >= 4 is 5.78 Å². The van der Waals surface area contributed by atoms with E-state index < -0.39 is 0 Å². The molecule has 0 aromatic rings. The lowest BCUT2D eigenvalue weighted by Crippen LogP contribution is -2.32. The van der Waals surface area contributed by atoms with Crippen molar-refractivity contribution in [3.8, 4) is 0 Å². The zero-order valence-electron chi connectivity index (χ0n) is 7.62. The van der Waals surface area contributed by atoms with Crippen LogP contribution in [0.1, 0.15) is 32.6 Å². The van der Waals surface area contributed by atoms with Gasteiger partial charge in [0.05, 0.1) is 0 Å². The lowest BCUT2D eigenvalue weighted by molar-refractivity contribution is -0.128. The van der Waals surface area contributed by atoms with E-state index in [1.807, 2.05) is 0 Å². The first kappa shape index (κ1) is 8.03. The molecule has 2 aliphatic rings. The minimum absolute atomic E-state index is 0.381. The fourth-order valence-electron chi connectivity index (χ4n) is 2.62. The molecule has 0 spiro atoms. The maximum absolute atomic E-state index is 11.6. The predicted octanol–water partition coefficient (Wildman–Crippen LogP) is 2.57. The van der Waals surface area contributed by atoms with E-state index in [0.717, 1.165) is 19.3 Å². The molecule has 1 saturated carbocycles. The van der Waals surface area contributed by atoms with E-state index >= 15 is 0 Å². The van der Waals surface area contributed by atoms with E-state index in [1.54, 1.807) is 0 Å². The summed E-state index contributed by atoms with van der Waals surface area (Å²) < 4.78 is 0. The highest BCUT2D eigenvalue weighted by molar-refractivity contribution is 5.82. The highest BCUT2D eigenvalue weighted by Gasteiger charge is 2.34. The molecule has 1 fully saturated rings. The Labute approximate surface area is 73.8 Å². The van der Waals surface area contributed by atoms with Crippen LogP contribution in [0.5, 0.6) is 0 Å². The van der Waals surface area contributed by atoms with Gasteiger partial charge in [-0.15, -0.1) is 0 Å². The number of hydrogen-bond acceptors (Lipinski definition) is 1. The van der Waals surface area contributed by atoms with Crippen LogP contribution in [-0.2, 0) is 4.79 Å². The molecule has 0 bridgehead atoms. The van der Waals surface area contributed by atoms with Crippen molar-refractivity contribution in [1.82, 2.24) is 0 Å². The SMILES string of the molecule is C[C@H]1CC(=O)[C@H]2CC=CC[C@@H]2C1. The summed E-state index contributed by atoms with van der Waals surface area (Å²) in [7, 11) is 0. The number of Topliss-reactive ketones (excluding diaryl/α,β-unsaturated/α-hetero) is 1. The van der Waals surface area contributed by atoms with E-state index in [1.165, 1.54) is 6.42 Å². The largest absolute Gasteiger partial charge is 0.299 e. The molecule has 66 valence electrons. The third kappa shape index (κ3) is 1.33. The van der Waals surface area contributed by atoms with Gasteiger partial charge in [0, 0.05) is 12.3 Å². The van der Waals surface area contributed by atoms with Gasteiger partial charge in [-0.05, 0) is 31.1 Å². The molecule has 12 heavy (non-hydrogen) atoms. The van der Waals surface area contributed by atoms with Crippen molar-refractivity contribution in [2.24, 2.45) is 17.8 Å². The van der Waals surface area contributed by atoms with E-state index in [9.17, 15) is 4.79 Å². The smallest absolute Gasteiger partial charge is 0.136 e. The summed E-state index contributed by atoms with van der Waals surface area (Å²) in [5.74, 6) is 2.20. The molecule has 0 amide bonds. The lowest BCUT2D eigenvalue weighted by Gasteiger charge is -2.34. The van der Waals surface area contributed by atoms with E-state index in [0.29, 0.717) is 23.5 Å². The number of allylic oxidation sites excluding steroid dienone is 2. The normalized spacial score (nSPS) is 41.1. The quantitative estimate of drug-likeness (QED) is 0.503. The Balaban J connectivity index is 2.13. The Morgan fingerprint density at radius 3 is 2.92 bits per heavy atom. The molecule has 0 N–H and O–H groups in total. The molecule has 0 saturated heterocycles. The Bertz CT molecular complexity index is 217. The van der Waals surface area contributed by atoms with Crippen LogP contribution in [0.25, 0.3) is 0 Å². The van der Waals surface area contributed by atoms with Crippen LogP contribution in [0.2, 0.25) is 0 Å². The molecular formula is C11H16O. The zero-order chi connectivity index (χ0) is 8.55. The molecule has 0 heterocycles. The van der Waals surface area contributed by atoms with Gasteiger partial charge < -0.3 is 0 Å². The highest BCUT2D eigenvalue weighted by Crippen LogP contribution is 2.37.